The quantitative estimate of drug-likeness (QED) is 0.676. The Hall–Kier alpha value is -3.35. The van der Waals surface area contributed by atoms with Gasteiger partial charge >= 0.3 is 0 Å². The van der Waals surface area contributed by atoms with Gasteiger partial charge in [-0.1, -0.05) is 11.6 Å². The first kappa shape index (κ1) is 21.4. The molecule has 7 nitrogen and oxygen atoms in total. The molecule has 0 aliphatic carbocycles. The van der Waals surface area contributed by atoms with Crippen LogP contribution in [0.3, 0.4) is 0 Å². The Balaban J connectivity index is 2.20. The van der Waals surface area contributed by atoms with Crippen molar-refractivity contribution in [3.8, 4) is 34.5 Å². The molecule has 1 aliphatic rings. The van der Waals surface area contributed by atoms with Crippen molar-refractivity contribution in [2.75, 3.05) is 21.3 Å². The molecule has 0 spiro atoms. The second-order valence-corrected chi connectivity index (χ2v) is 7.31. The molecule has 0 unspecified atom stereocenters. The predicted molar refractivity (Wildman–Crippen MR) is 111 cm³/mol. The lowest BCUT2D eigenvalue weighted by Crippen LogP contribution is -2.32. The minimum atomic E-state index is -0.725. The number of hydrogen-bond acceptors (Lipinski definition) is 7. The van der Waals surface area contributed by atoms with Crippen molar-refractivity contribution in [2.45, 2.75) is 26.4 Å². The Morgan fingerprint density at radius 3 is 2.23 bits per heavy atom. The number of carbonyl (C=O) groups excluding carboxylic acids is 1. The van der Waals surface area contributed by atoms with E-state index in [0.29, 0.717) is 29.2 Å². The Morgan fingerprint density at radius 1 is 1.00 bits per heavy atom. The van der Waals surface area contributed by atoms with Gasteiger partial charge in [0.1, 0.15) is 34.7 Å². The number of benzene rings is 2. The van der Waals surface area contributed by atoms with Crippen LogP contribution in [0.2, 0.25) is 0 Å². The Bertz CT molecular complexity index is 990. The van der Waals surface area contributed by atoms with E-state index in [0.717, 1.165) is 11.6 Å². The summed E-state index contributed by atoms with van der Waals surface area (Å²) < 4.78 is 22.5. The summed E-state index contributed by atoms with van der Waals surface area (Å²) in [7, 11) is 4.57. The molecule has 0 bridgehead atoms. The molecular formula is C23H26O7. The third kappa shape index (κ3) is 3.87. The van der Waals surface area contributed by atoms with Crippen LogP contribution in [0.4, 0.5) is 0 Å². The number of phenols is 2. The molecular weight excluding hydrogens is 388 g/mol. The van der Waals surface area contributed by atoms with E-state index in [2.05, 4.69) is 0 Å². The summed E-state index contributed by atoms with van der Waals surface area (Å²) in [6, 6.07) is 5.86. The van der Waals surface area contributed by atoms with Crippen LogP contribution in [0.5, 0.6) is 34.5 Å². The minimum Gasteiger partial charge on any atom is -0.508 e. The van der Waals surface area contributed by atoms with E-state index < -0.39 is 12.0 Å². The number of phenolic OH excluding ortho intramolecular Hbond substituents is 2. The first-order chi connectivity index (χ1) is 14.3. The topological polar surface area (TPSA) is 94.5 Å². The molecule has 160 valence electrons. The molecule has 0 radical (unpaired) electrons. The molecule has 0 fully saturated rings. The first-order valence-electron chi connectivity index (χ1n) is 9.50. The third-order valence-electron chi connectivity index (χ3n) is 5.09. The van der Waals surface area contributed by atoms with Gasteiger partial charge in [-0.05, 0) is 26.3 Å². The minimum absolute atomic E-state index is 0.0654. The number of methoxy groups -OCH3 is 3. The summed E-state index contributed by atoms with van der Waals surface area (Å²) in [5, 5.41) is 20.2. The highest BCUT2D eigenvalue weighted by Crippen LogP contribution is 2.48. The van der Waals surface area contributed by atoms with Crippen LogP contribution in [-0.4, -0.2) is 37.3 Å². The number of fused-ring (bicyclic) bond motifs is 1. The highest BCUT2D eigenvalue weighted by atomic mass is 16.5. The summed E-state index contributed by atoms with van der Waals surface area (Å²) in [5.41, 5.74) is 1.72. The van der Waals surface area contributed by atoms with Crippen LogP contribution < -0.4 is 18.9 Å². The molecule has 0 amide bonds. The molecule has 2 N–H and O–H groups in total. The molecule has 30 heavy (non-hydrogen) atoms. The van der Waals surface area contributed by atoms with E-state index in [-0.39, 0.29) is 28.6 Å². The highest BCUT2D eigenvalue weighted by molar-refractivity contribution is 6.04. The van der Waals surface area contributed by atoms with Gasteiger partial charge in [-0.25, -0.2) is 0 Å². The van der Waals surface area contributed by atoms with E-state index in [1.165, 1.54) is 27.4 Å². The summed E-state index contributed by atoms with van der Waals surface area (Å²) >= 11 is 0. The zero-order valence-electron chi connectivity index (χ0n) is 17.7. The van der Waals surface area contributed by atoms with Gasteiger partial charge in [0.15, 0.2) is 17.3 Å². The van der Waals surface area contributed by atoms with Gasteiger partial charge < -0.3 is 29.2 Å². The van der Waals surface area contributed by atoms with Crippen LogP contribution in [-0.2, 0) is 0 Å². The van der Waals surface area contributed by atoms with Gasteiger partial charge in [0, 0.05) is 23.8 Å². The Morgan fingerprint density at radius 2 is 1.63 bits per heavy atom. The second kappa shape index (κ2) is 8.57. The molecule has 0 saturated carbocycles. The fourth-order valence-corrected chi connectivity index (χ4v) is 3.62. The summed E-state index contributed by atoms with van der Waals surface area (Å²) in [5.74, 6) is 0.151. The largest absolute Gasteiger partial charge is 0.508 e. The van der Waals surface area contributed by atoms with Crippen LogP contribution in [0, 0.1) is 5.92 Å². The van der Waals surface area contributed by atoms with Gasteiger partial charge in [0.2, 0.25) is 0 Å². The van der Waals surface area contributed by atoms with Gasteiger partial charge in [0.05, 0.1) is 27.2 Å². The van der Waals surface area contributed by atoms with Crippen LogP contribution >= 0.6 is 0 Å². The smallest absolute Gasteiger partial charge is 0.177 e. The molecule has 2 aromatic rings. The van der Waals surface area contributed by atoms with Crippen molar-refractivity contribution in [1.82, 2.24) is 0 Å². The van der Waals surface area contributed by atoms with Crippen LogP contribution in [0.25, 0.3) is 0 Å². The predicted octanol–water partition coefficient (Wildman–Crippen LogP) is 4.41. The zero-order chi connectivity index (χ0) is 22.0. The van der Waals surface area contributed by atoms with Crippen molar-refractivity contribution in [3.63, 3.8) is 0 Å². The van der Waals surface area contributed by atoms with Crippen molar-refractivity contribution in [3.05, 3.63) is 47.0 Å². The SMILES string of the molecule is COc1cc(OC)c([C@@H]2Oc3cc(O)cc(O)c3C(=O)[C@@H]2CC=C(C)C)cc1OC. The maximum Gasteiger partial charge on any atom is 0.177 e. The maximum absolute atomic E-state index is 13.4. The van der Waals surface area contributed by atoms with E-state index in [1.807, 2.05) is 19.9 Å². The molecule has 7 heteroatoms. The fourth-order valence-electron chi connectivity index (χ4n) is 3.62. The molecule has 1 heterocycles. The zero-order valence-corrected chi connectivity index (χ0v) is 17.7. The number of carbonyl (C=O) groups is 1. The van der Waals surface area contributed by atoms with Crippen molar-refractivity contribution in [2.24, 2.45) is 5.92 Å². The average molecular weight is 414 g/mol. The highest BCUT2D eigenvalue weighted by Gasteiger charge is 2.41. The molecule has 0 aromatic heterocycles. The van der Waals surface area contributed by atoms with Crippen molar-refractivity contribution >= 4 is 5.78 Å². The number of ether oxygens (including phenoxy) is 4. The van der Waals surface area contributed by atoms with Gasteiger partial charge in [0.25, 0.3) is 0 Å². The van der Waals surface area contributed by atoms with E-state index in [4.69, 9.17) is 18.9 Å². The molecule has 3 rings (SSSR count). The summed E-state index contributed by atoms with van der Waals surface area (Å²) in [6.45, 7) is 3.90. The number of allylic oxidation sites excluding steroid dienone is 2. The number of ketones is 1. The van der Waals surface area contributed by atoms with Gasteiger partial charge in [-0.3, -0.25) is 4.79 Å². The van der Waals surface area contributed by atoms with Crippen molar-refractivity contribution in [1.29, 1.82) is 0 Å². The van der Waals surface area contributed by atoms with E-state index >= 15 is 0 Å². The lowest BCUT2D eigenvalue weighted by atomic mass is 9.82. The summed E-state index contributed by atoms with van der Waals surface area (Å²) in [4.78, 5) is 13.4. The van der Waals surface area contributed by atoms with Crippen LogP contribution in [0.15, 0.2) is 35.9 Å². The monoisotopic (exact) mass is 414 g/mol. The summed E-state index contributed by atoms with van der Waals surface area (Å²) in [6.07, 6.45) is 1.63. The van der Waals surface area contributed by atoms with Gasteiger partial charge in [-0.2, -0.15) is 0 Å². The standard InChI is InChI=1S/C23H26O7/c1-12(2)6-7-14-22(26)21-16(25)8-13(24)9-20(21)30-23(14)15-10-18(28-4)19(29-5)11-17(15)27-3/h6,8-11,14,23-25H,7H2,1-5H3/t14-,23+/m0/s1. The second-order valence-electron chi connectivity index (χ2n) is 7.31. The molecule has 0 saturated heterocycles. The molecule has 2 atom stereocenters. The number of Topliss-reactive ketones (excluding diaryl/α,β-unsaturated/α-hetero) is 1. The Labute approximate surface area is 175 Å². The molecule has 2 aromatic carbocycles. The van der Waals surface area contributed by atoms with Crippen LogP contribution in [0.1, 0.15) is 42.3 Å². The Kier molecular flexibility index (Phi) is 6.10. The maximum atomic E-state index is 13.4. The number of rotatable bonds is 6. The van der Waals surface area contributed by atoms with Gasteiger partial charge in [-0.15, -0.1) is 0 Å². The number of hydrogen-bond donors (Lipinski definition) is 2. The normalized spacial score (nSPS) is 17.6. The van der Waals surface area contributed by atoms with Crippen molar-refractivity contribution < 1.29 is 34.0 Å². The fraction of sp³-hybridized carbons (Fsp3) is 0.348. The lowest BCUT2D eigenvalue weighted by Gasteiger charge is -2.33. The average Bonchev–Trinajstić information content (AvgIpc) is 2.70. The van der Waals surface area contributed by atoms with E-state index in [9.17, 15) is 15.0 Å². The molecule has 1 aliphatic heterocycles. The third-order valence-corrected chi connectivity index (χ3v) is 5.09. The first-order valence-corrected chi connectivity index (χ1v) is 9.50. The number of aromatic hydroxyl groups is 2. The van der Waals surface area contributed by atoms with E-state index in [1.54, 1.807) is 12.1 Å². The lowest BCUT2D eigenvalue weighted by molar-refractivity contribution is 0.0647.